The van der Waals surface area contributed by atoms with E-state index < -0.39 is 5.82 Å². The largest absolute Gasteiger partial charge is 0.294 e. The van der Waals surface area contributed by atoms with Crippen molar-refractivity contribution in [3.05, 3.63) is 62.8 Å². The molecule has 0 unspecified atom stereocenters. The lowest BCUT2D eigenvalue weighted by Crippen LogP contribution is -2.11. The van der Waals surface area contributed by atoms with E-state index in [1.54, 1.807) is 0 Å². The van der Waals surface area contributed by atoms with E-state index in [4.69, 9.17) is 11.6 Å². The number of carbonyl (C=O) groups is 1. The monoisotopic (exact) mass is 266 g/mol. The summed E-state index contributed by atoms with van der Waals surface area (Å²) < 4.78 is 12.8. The standard InChI is InChI=1S/C12H8ClFN2O2/c13-10-5-7(14)1-3-9(10)11(17)6-8-2-4-12(18)16-15-8/h1-5H,6H2,(H,16,18). The highest BCUT2D eigenvalue weighted by Gasteiger charge is 2.12. The van der Waals surface area contributed by atoms with Crippen LogP contribution in [-0.2, 0) is 6.42 Å². The SMILES string of the molecule is O=C(Cc1ccc(=O)[nH]n1)c1ccc(F)cc1Cl. The van der Waals surface area contributed by atoms with Gasteiger partial charge in [-0.2, -0.15) is 5.10 Å². The third-order valence-electron chi connectivity index (χ3n) is 2.31. The van der Waals surface area contributed by atoms with E-state index in [-0.39, 0.29) is 28.3 Å². The van der Waals surface area contributed by atoms with Crippen LogP contribution in [0.5, 0.6) is 0 Å². The van der Waals surface area contributed by atoms with Crippen LogP contribution >= 0.6 is 11.6 Å². The number of ketones is 1. The normalized spacial score (nSPS) is 10.3. The van der Waals surface area contributed by atoms with Gasteiger partial charge in [0.05, 0.1) is 17.1 Å². The van der Waals surface area contributed by atoms with E-state index in [0.717, 1.165) is 6.07 Å². The predicted molar refractivity (Wildman–Crippen MR) is 64.3 cm³/mol. The Kier molecular flexibility index (Phi) is 3.53. The number of H-pyrrole nitrogens is 1. The summed E-state index contributed by atoms with van der Waals surface area (Å²) in [5, 5.41) is 6.00. The smallest absolute Gasteiger partial charge is 0.264 e. The summed E-state index contributed by atoms with van der Waals surface area (Å²) >= 11 is 5.78. The van der Waals surface area contributed by atoms with Crippen LogP contribution in [0.2, 0.25) is 5.02 Å². The molecule has 1 aromatic carbocycles. The van der Waals surface area contributed by atoms with Gasteiger partial charge in [0.1, 0.15) is 5.82 Å². The molecule has 92 valence electrons. The summed E-state index contributed by atoms with van der Waals surface area (Å²) in [4.78, 5) is 22.7. The number of aromatic amines is 1. The first kappa shape index (κ1) is 12.4. The molecule has 1 heterocycles. The van der Waals surface area contributed by atoms with Crippen LogP contribution in [0.4, 0.5) is 4.39 Å². The Labute approximate surface area is 106 Å². The molecule has 4 nitrogen and oxygen atoms in total. The molecule has 0 aliphatic heterocycles. The predicted octanol–water partition coefficient (Wildman–Crippen LogP) is 1.99. The van der Waals surface area contributed by atoms with Crippen LogP contribution in [-0.4, -0.2) is 16.0 Å². The Morgan fingerprint density at radius 2 is 2.11 bits per heavy atom. The summed E-state index contributed by atoms with van der Waals surface area (Å²) in [7, 11) is 0. The molecule has 2 rings (SSSR count). The van der Waals surface area contributed by atoms with E-state index in [1.807, 2.05) is 0 Å². The summed E-state index contributed by atoms with van der Waals surface area (Å²) in [5.74, 6) is -0.793. The highest BCUT2D eigenvalue weighted by atomic mass is 35.5. The van der Waals surface area contributed by atoms with Crippen LogP contribution in [0.1, 0.15) is 16.1 Å². The number of carbonyl (C=O) groups excluding carboxylic acids is 1. The number of Topliss-reactive ketones (excluding diaryl/α,β-unsaturated/α-hetero) is 1. The molecule has 0 aliphatic rings. The zero-order chi connectivity index (χ0) is 13.1. The maximum absolute atomic E-state index is 12.8. The maximum atomic E-state index is 12.8. The third kappa shape index (κ3) is 2.81. The van der Waals surface area contributed by atoms with Gasteiger partial charge in [-0.15, -0.1) is 0 Å². The fraction of sp³-hybridized carbons (Fsp3) is 0.0833. The Hall–Kier alpha value is -2.01. The van der Waals surface area contributed by atoms with E-state index in [2.05, 4.69) is 10.2 Å². The highest BCUT2D eigenvalue weighted by Crippen LogP contribution is 2.18. The van der Waals surface area contributed by atoms with Crippen molar-refractivity contribution in [1.82, 2.24) is 10.2 Å². The van der Waals surface area contributed by atoms with E-state index in [9.17, 15) is 14.0 Å². The second-order valence-electron chi connectivity index (χ2n) is 3.64. The van der Waals surface area contributed by atoms with Gasteiger partial charge >= 0.3 is 0 Å². The number of rotatable bonds is 3. The highest BCUT2D eigenvalue weighted by molar-refractivity contribution is 6.34. The molecular weight excluding hydrogens is 259 g/mol. The van der Waals surface area contributed by atoms with E-state index >= 15 is 0 Å². The number of nitrogens with one attached hydrogen (secondary N) is 1. The van der Waals surface area contributed by atoms with Crippen LogP contribution < -0.4 is 5.56 Å². The van der Waals surface area contributed by atoms with Crippen molar-refractivity contribution in [2.45, 2.75) is 6.42 Å². The molecule has 1 aromatic heterocycles. The molecule has 1 N–H and O–H groups in total. The van der Waals surface area contributed by atoms with Crippen molar-refractivity contribution in [2.24, 2.45) is 0 Å². The summed E-state index contributed by atoms with van der Waals surface area (Å²) in [6.07, 6.45) is -0.0118. The topological polar surface area (TPSA) is 62.8 Å². The first-order valence-electron chi connectivity index (χ1n) is 5.09. The quantitative estimate of drug-likeness (QED) is 0.864. The van der Waals surface area contributed by atoms with Crippen molar-refractivity contribution >= 4 is 17.4 Å². The Bertz CT molecular complexity index is 634. The van der Waals surface area contributed by atoms with Gasteiger partial charge in [0, 0.05) is 11.6 Å². The zero-order valence-electron chi connectivity index (χ0n) is 9.11. The van der Waals surface area contributed by atoms with Gasteiger partial charge < -0.3 is 0 Å². The van der Waals surface area contributed by atoms with Crippen LogP contribution in [0.3, 0.4) is 0 Å². The van der Waals surface area contributed by atoms with Gasteiger partial charge in [0.25, 0.3) is 5.56 Å². The van der Waals surface area contributed by atoms with Gasteiger partial charge in [-0.3, -0.25) is 9.59 Å². The van der Waals surface area contributed by atoms with Crippen molar-refractivity contribution < 1.29 is 9.18 Å². The first-order chi connectivity index (χ1) is 8.56. The molecule has 0 aliphatic carbocycles. The molecule has 0 fully saturated rings. The van der Waals surface area contributed by atoms with Crippen LogP contribution in [0, 0.1) is 5.82 Å². The molecule has 0 bridgehead atoms. The second kappa shape index (κ2) is 5.10. The number of halogens is 2. The lowest BCUT2D eigenvalue weighted by molar-refractivity contribution is 0.0992. The minimum atomic E-state index is -0.501. The summed E-state index contributed by atoms with van der Waals surface area (Å²) in [6.45, 7) is 0. The molecule has 6 heteroatoms. The fourth-order valence-corrected chi connectivity index (χ4v) is 1.72. The minimum Gasteiger partial charge on any atom is -0.294 e. The minimum absolute atomic E-state index is 0.0118. The number of nitrogens with zero attached hydrogens (tertiary/aromatic N) is 1. The number of hydrogen-bond acceptors (Lipinski definition) is 3. The van der Waals surface area contributed by atoms with Crippen molar-refractivity contribution in [1.29, 1.82) is 0 Å². The third-order valence-corrected chi connectivity index (χ3v) is 2.62. The van der Waals surface area contributed by atoms with Gasteiger partial charge in [-0.25, -0.2) is 9.49 Å². The molecule has 0 radical (unpaired) electrons. The molecule has 0 amide bonds. The molecule has 2 aromatic rings. The maximum Gasteiger partial charge on any atom is 0.264 e. The van der Waals surface area contributed by atoms with E-state index in [0.29, 0.717) is 5.69 Å². The van der Waals surface area contributed by atoms with Gasteiger partial charge in [0.15, 0.2) is 5.78 Å². The van der Waals surface area contributed by atoms with Crippen LogP contribution in [0.25, 0.3) is 0 Å². The Balaban J connectivity index is 2.22. The van der Waals surface area contributed by atoms with E-state index in [1.165, 1.54) is 24.3 Å². The Morgan fingerprint density at radius 3 is 2.72 bits per heavy atom. The summed E-state index contributed by atoms with van der Waals surface area (Å²) in [6, 6.07) is 6.30. The lowest BCUT2D eigenvalue weighted by Gasteiger charge is -2.03. The number of aromatic nitrogens is 2. The molecule has 0 saturated carbocycles. The van der Waals surface area contributed by atoms with Gasteiger partial charge in [-0.1, -0.05) is 11.6 Å². The van der Waals surface area contributed by atoms with Crippen molar-refractivity contribution in [3.8, 4) is 0 Å². The average Bonchev–Trinajstić information content (AvgIpc) is 2.32. The fourth-order valence-electron chi connectivity index (χ4n) is 1.45. The van der Waals surface area contributed by atoms with Crippen LogP contribution in [0.15, 0.2) is 35.1 Å². The van der Waals surface area contributed by atoms with Crippen molar-refractivity contribution in [2.75, 3.05) is 0 Å². The molecule has 18 heavy (non-hydrogen) atoms. The first-order valence-corrected chi connectivity index (χ1v) is 5.47. The molecule has 0 saturated heterocycles. The second-order valence-corrected chi connectivity index (χ2v) is 4.04. The zero-order valence-corrected chi connectivity index (χ0v) is 9.87. The van der Waals surface area contributed by atoms with Gasteiger partial charge in [-0.05, 0) is 24.3 Å². The number of benzene rings is 1. The summed E-state index contributed by atoms with van der Waals surface area (Å²) in [5.41, 5.74) is 0.303. The molecular formula is C12H8ClFN2O2. The van der Waals surface area contributed by atoms with Crippen molar-refractivity contribution in [3.63, 3.8) is 0 Å². The average molecular weight is 267 g/mol. The Morgan fingerprint density at radius 1 is 1.33 bits per heavy atom. The molecule has 0 atom stereocenters. The number of hydrogen-bond donors (Lipinski definition) is 1. The lowest BCUT2D eigenvalue weighted by atomic mass is 10.1. The molecule has 0 spiro atoms. The van der Waals surface area contributed by atoms with Gasteiger partial charge in [0.2, 0.25) is 0 Å².